The summed E-state index contributed by atoms with van der Waals surface area (Å²) in [5.74, 6) is -0.536. The summed E-state index contributed by atoms with van der Waals surface area (Å²) < 4.78 is 13.2. The maximum atomic E-state index is 13.2. The number of benzene rings is 2. The van der Waals surface area contributed by atoms with Crippen molar-refractivity contribution in [2.24, 2.45) is 0 Å². The monoisotopic (exact) mass is 346 g/mol. The first-order valence-corrected chi connectivity index (χ1v) is 7.89. The van der Waals surface area contributed by atoms with Crippen LogP contribution in [0.4, 0.5) is 14.9 Å². The number of hydrogen-bond acceptors (Lipinski definition) is 3. The predicted octanol–water partition coefficient (Wildman–Crippen LogP) is 4.00. The lowest BCUT2D eigenvalue weighted by Crippen LogP contribution is -2.33. The molecule has 0 fully saturated rings. The lowest BCUT2D eigenvalue weighted by atomic mass is 10.00. The van der Waals surface area contributed by atoms with Gasteiger partial charge in [-0.3, -0.25) is 4.98 Å². The molecule has 1 unspecified atom stereocenters. The topological polar surface area (TPSA) is 77.8 Å². The van der Waals surface area contributed by atoms with Gasteiger partial charge in [-0.2, -0.15) is 5.26 Å². The van der Waals surface area contributed by atoms with Crippen LogP contribution < -0.4 is 10.6 Å². The molecule has 0 aliphatic heterocycles. The first kappa shape index (κ1) is 17.1. The van der Waals surface area contributed by atoms with E-state index in [1.54, 1.807) is 12.4 Å². The van der Waals surface area contributed by atoms with E-state index in [-0.39, 0.29) is 11.3 Å². The Hall–Kier alpha value is -3.72. The van der Waals surface area contributed by atoms with Crippen molar-refractivity contribution >= 4 is 11.7 Å². The summed E-state index contributed by atoms with van der Waals surface area (Å²) in [6, 6.07) is 17.7. The number of carbonyl (C=O) groups is 1. The molecule has 1 aromatic heterocycles. The first-order chi connectivity index (χ1) is 12.7. The molecule has 0 aliphatic rings. The van der Waals surface area contributed by atoms with Gasteiger partial charge in [0.15, 0.2) is 0 Å². The molecule has 2 amide bonds. The number of amides is 2. The van der Waals surface area contributed by atoms with E-state index in [9.17, 15) is 9.18 Å². The average molecular weight is 346 g/mol. The van der Waals surface area contributed by atoms with Crippen LogP contribution >= 0.6 is 0 Å². The fraction of sp³-hybridized carbons (Fsp3) is 0.0500. The third-order valence-electron chi connectivity index (χ3n) is 3.80. The van der Waals surface area contributed by atoms with E-state index >= 15 is 0 Å². The van der Waals surface area contributed by atoms with Crippen molar-refractivity contribution < 1.29 is 9.18 Å². The summed E-state index contributed by atoms with van der Waals surface area (Å²) in [4.78, 5) is 16.5. The van der Waals surface area contributed by atoms with Crippen LogP contribution in [0.1, 0.15) is 22.7 Å². The van der Waals surface area contributed by atoms with Gasteiger partial charge in [0.2, 0.25) is 0 Å². The lowest BCUT2D eigenvalue weighted by Gasteiger charge is -2.20. The van der Waals surface area contributed by atoms with Gasteiger partial charge in [0, 0.05) is 12.4 Å². The second kappa shape index (κ2) is 7.90. The number of rotatable bonds is 4. The normalized spacial score (nSPS) is 11.2. The van der Waals surface area contributed by atoms with Gasteiger partial charge >= 0.3 is 6.03 Å². The van der Waals surface area contributed by atoms with E-state index in [4.69, 9.17) is 5.26 Å². The number of pyridine rings is 1. The van der Waals surface area contributed by atoms with Crippen LogP contribution in [-0.4, -0.2) is 11.0 Å². The Bertz CT molecular complexity index is 900. The van der Waals surface area contributed by atoms with Crippen molar-refractivity contribution in [3.63, 3.8) is 0 Å². The average Bonchev–Trinajstić information content (AvgIpc) is 2.69. The van der Waals surface area contributed by atoms with E-state index in [0.717, 1.165) is 17.2 Å². The quantitative estimate of drug-likeness (QED) is 0.749. The van der Waals surface area contributed by atoms with E-state index in [1.165, 1.54) is 12.1 Å². The van der Waals surface area contributed by atoms with Gasteiger partial charge < -0.3 is 10.6 Å². The maximum Gasteiger partial charge on any atom is 0.320 e. The first-order valence-electron chi connectivity index (χ1n) is 7.89. The van der Waals surface area contributed by atoms with Crippen LogP contribution in [0, 0.1) is 17.1 Å². The van der Waals surface area contributed by atoms with Crippen LogP contribution in [0.5, 0.6) is 0 Å². The van der Waals surface area contributed by atoms with Gasteiger partial charge in [0.1, 0.15) is 11.9 Å². The molecule has 0 radical (unpaired) electrons. The van der Waals surface area contributed by atoms with Crippen LogP contribution in [0.25, 0.3) is 0 Å². The van der Waals surface area contributed by atoms with Gasteiger partial charge in [-0.15, -0.1) is 0 Å². The Morgan fingerprint density at radius 2 is 1.73 bits per heavy atom. The molecule has 3 aromatic rings. The predicted molar refractivity (Wildman–Crippen MR) is 95.8 cm³/mol. The zero-order valence-electron chi connectivity index (χ0n) is 13.7. The summed E-state index contributed by atoms with van der Waals surface area (Å²) in [5, 5.41) is 14.6. The van der Waals surface area contributed by atoms with E-state index in [1.807, 2.05) is 48.5 Å². The standard InChI is InChI=1S/C20H15FN4O/c21-17-6-7-18(16(12-17)13-22)24-20(26)25-19(14-4-2-1-3-5-14)15-8-10-23-11-9-15/h1-12,19H,(H2,24,25,26). The minimum absolute atomic E-state index is 0.0559. The molecule has 0 saturated carbocycles. The van der Waals surface area contributed by atoms with Gasteiger partial charge in [-0.05, 0) is 41.5 Å². The molecule has 0 aliphatic carbocycles. The molecule has 128 valence electrons. The number of urea groups is 1. The van der Waals surface area contributed by atoms with E-state index < -0.39 is 17.9 Å². The highest BCUT2D eigenvalue weighted by atomic mass is 19.1. The summed E-state index contributed by atoms with van der Waals surface area (Å²) in [5.41, 5.74) is 2.06. The third kappa shape index (κ3) is 4.02. The Balaban J connectivity index is 1.84. The van der Waals surface area contributed by atoms with Crippen molar-refractivity contribution in [3.05, 3.63) is 95.6 Å². The fourth-order valence-electron chi connectivity index (χ4n) is 2.57. The minimum atomic E-state index is -0.536. The molecule has 6 heteroatoms. The van der Waals surface area contributed by atoms with E-state index in [0.29, 0.717) is 0 Å². The number of carbonyl (C=O) groups excluding carboxylic acids is 1. The second-order valence-electron chi connectivity index (χ2n) is 5.52. The zero-order chi connectivity index (χ0) is 18.4. The van der Waals surface area contributed by atoms with Crippen LogP contribution in [0.3, 0.4) is 0 Å². The van der Waals surface area contributed by atoms with Gasteiger partial charge in [-0.25, -0.2) is 9.18 Å². The molecular weight excluding hydrogens is 331 g/mol. The van der Waals surface area contributed by atoms with Gasteiger partial charge in [0.25, 0.3) is 0 Å². The highest BCUT2D eigenvalue weighted by Crippen LogP contribution is 2.22. The molecular formula is C20H15FN4O. The summed E-state index contributed by atoms with van der Waals surface area (Å²) in [6.07, 6.45) is 3.30. The maximum absolute atomic E-state index is 13.2. The Morgan fingerprint density at radius 1 is 1.04 bits per heavy atom. The van der Waals surface area contributed by atoms with Crippen molar-refractivity contribution in [1.82, 2.24) is 10.3 Å². The number of hydrogen-bond donors (Lipinski definition) is 2. The molecule has 2 aromatic carbocycles. The van der Waals surface area contributed by atoms with Crippen LogP contribution in [0.2, 0.25) is 0 Å². The van der Waals surface area contributed by atoms with Crippen LogP contribution in [-0.2, 0) is 0 Å². The molecule has 26 heavy (non-hydrogen) atoms. The zero-order valence-corrected chi connectivity index (χ0v) is 13.7. The number of nitriles is 1. The molecule has 3 rings (SSSR count). The molecule has 1 heterocycles. The van der Waals surface area contributed by atoms with Gasteiger partial charge in [-0.1, -0.05) is 30.3 Å². The number of aromatic nitrogens is 1. The highest BCUT2D eigenvalue weighted by Gasteiger charge is 2.17. The number of nitrogens with one attached hydrogen (secondary N) is 2. The molecule has 0 bridgehead atoms. The van der Waals surface area contributed by atoms with Crippen LogP contribution in [0.15, 0.2) is 73.1 Å². The highest BCUT2D eigenvalue weighted by molar-refractivity contribution is 5.91. The molecule has 0 saturated heterocycles. The number of halogens is 1. The number of anilines is 1. The summed E-state index contributed by atoms with van der Waals surface area (Å²) >= 11 is 0. The smallest absolute Gasteiger partial charge is 0.320 e. The summed E-state index contributed by atoms with van der Waals surface area (Å²) in [6.45, 7) is 0. The van der Waals surface area contributed by atoms with Gasteiger partial charge in [0.05, 0.1) is 17.3 Å². The molecule has 0 spiro atoms. The van der Waals surface area contributed by atoms with Crippen molar-refractivity contribution in [2.75, 3.05) is 5.32 Å². The molecule has 5 nitrogen and oxygen atoms in total. The fourth-order valence-corrected chi connectivity index (χ4v) is 2.57. The van der Waals surface area contributed by atoms with Crippen molar-refractivity contribution in [3.8, 4) is 6.07 Å². The number of nitrogens with zero attached hydrogens (tertiary/aromatic N) is 2. The summed E-state index contributed by atoms with van der Waals surface area (Å²) in [7, 11) is 0. The molecule has 2 N–H and O–H groups in total. The lowest BCUT2D eigenvalue weighted by molar-refractivity contribution is 0.250. The third-order valence-corrected chi connectivity index (χ3v) is 3.80. The van der Waals surface area contributed by atoms with Crippen molar-refractivity contribution in [1.29, 1.82) is 5.26 Å². The Kier molecular flexibility index (Phi) is 5.20. The largest absolute Gasteiger partial charge is 0.327 e. The Labute approximate surface area is 150 Å². The molecule has 1 atom stereocenters. The SMILES string of the molecule is N#Cc1cc(F)ccc1NC(=O)NC(c1ccccc1)c1ccncc1. The Morgan fingerprint density at radius 3 is 2.42 bits per heavy atom. The van der Waals surface area contributed by atoms with Crippen molar-refractivity contribution in [2.45, 2.75) is 6.04 Å². The van der Waals surface area contributed by atoms with E-state index in [2.05, 4.69) is 15.6 Å². The second-order valence-corrected chi connectivity index (χ2v) is 5.52. The minimum Gasteiger partial charge on any atom is -0.327 e.